The molecule has 4 rings (SSSR count). The van der Waals surface area contributed by atoms with Gasteiger partial charge in [0.2, 0.25) is 5.75 Å². The van der Waals surface area contributed by atoms with Gasteiger partial charge in [-0.3, -0.25) is 9.59 Å². The van der Waals surface area contributed by atoms with E-state index < -0.39 is 17.7 Å². The first-order valence-corrected chi connectivity index (χ1v) is 12.6. The molecule has 0 aromatic heterocycles. The van der Waals surface area contributed by atoms with Gasteiger partial charge in [0.05, 0.1) is 32.9 Å². The van der Waals surface area contributed by atoms with E-state index in [1.165, 1.54) is 26.2 Å². The van der Waals surface area contributed by atoms with Crippen molar-refractivity contribution in [2.75, 3.05) is 60.7 Å². The van der Waals surface area contributed by atoms with E-state index in [-0.39, 0.29) is 17.9 Å². The summed E-state index contributed by atoms with van der Waals surface area (Å²) < 4.78 is 27.8. The highest BCUT2D eigenvalue weighted by Crippen LogP contribution is 2.46. The number of ether oxygens (including phenoxy) is 5. The Hall–Kier alpha value is -3.92. The number of aliphatic hydroxyl groups is 1. The molecule has 204 valence electrons. The molecule has 1 fully saturated rings. The van der Waals surface area contributed by atoms with Gasteiger partial charge in [-0.1, -0.05) is 13.8 Å². The second-order valence-corrected chi connectivity index (χ2v) is 8.84. The number of hydrogen-bond acceptors (Lipinski definition) is 9. The number of hydrogen-bond donors (Lipinski definition) is 1. The highest BCUT2D eigenvalue weighted by Gasteiger charge is 2.46. The SMILES string of the molecule is CCN(CC)CCN1C(=O)C(=O)/C(=C(\O)c2ccc3c(c2)OCCO3)C1c1cc(OC)c(OC)c(OC)c1. The maximum Gasteiger partial charge on any atom is 0.295 e. The van der Waals surface area contributed by atoms with Crippen molar-refractivity contribution < 1.29 is 38.4 Å². The van der Waals surface area contributed by atoms with Crippen LogP contribution in [-0.4, -0.2) is 87.3 Å². The summed E-state index contributed by atoms with van der Waals surface area (Å²) in [7, 11) is 4.49. The number of Topliss-reactive ketones (excluding diaryl/α,β-unsaturated/α-hetero) is 1. The van der Waals surface area contributed by atoms with E-state index in [1.54, 1.807) is 30.3 Å². The van der Waals surface area contributed by atoms with Crippen LogP contribution in [0.1, 0.15) is 31.0 Å². The predicted octanol–water partition coefficient (Wildman–Crippen LogP) is 3.25. The lowest BCUT2D eigenvalue weighted by Crippen LogP contribution is -2.38. The van der Waals surface area contributed by atoms with E-state index in [0.29, 0.717) is 59.6 Å². The van der Waals surface area contributed by atoms with Crippen molar-refractivity contribution in [3.63, 3.8) is 0 Å². The summed E-state index contributed by atoms with van der Waals surface area (Å²) in [6.07, 6.45) is 0. The molecular weight excluding hydrogens is 492 g/mol. The van der Waals surface area contributed by atoms with Gasteiger partial charge in [-0.05, 0) is 49.0 Å². The zero-order valence-corrected chi connectivity index (χ0v) is 22.4. The Morgan fingerprint density at radius 1 is 0.974 bits per heavy atom. The van der Waals surface area contributed by atoms with Crippen LogP contribution in [0, 0.1) is 0 Å². The smallest absolute Gasteiger partial charge is 0.295 e. The molecule has 2 aromatic rings. The average Bonchev–Trinajstić information content (AvgIpc) is 3.21. The molecule has 1 unspecified atom stereocenters. The lowest BCUT2D eigenvalue weighted by Gasteiger charge is -2.29. The summed E-state index contributed by atoms with van der Waals surface area (Å²) in [5.74, 6) is 0.376. The number of methoxy groups -OCH3 is 3. The van der Waals surface area contributed by atoms with Gasteiger partial charge in [-0.25, -0.2) is 0 Å². The Bertz CT molecular complexity index is 1210. The molecule has 2 aliphatic heterocycles. The highest BCUT2D eigenvalue weighted by atomic mass is 16.6. The van der Waals surface area contributed by atoms with Crippen LogP contribution in [0.2, 0.25) is 0 Å². The van der Waals surface area contributed by atoms with Crippen LogP contribution in [0.25, 0.3) is 5.76 Å². The van der Waals surface area contributed by atoms with E-state index in [4.69, 9.17) is 23.7 Å². The lowest BCUT2D eigenvalue weighted by atomic mass is 9.94. The molecule has 38 heavy (non-hydrogen) atoms. The minimum Gasteiger partial charge on any atom is -0.507 e. The lowest BCUT2D eigenvalue weighted by molar-refractivity contribution is -0.140. The number of amides is 1. The molecule has 0 radical (unpaired) electrons. The number of carbonyl (C=O) groups is 2. The zero-order valence-electron chi connectivity index (χ0n) is 22.4. The van der Waals surface area contributed by atoms with Crippen LogP contribution in [0.3, 0.4) is 0 Å². The summed E-state index contributed by atoms with van der Waals surface area (Å²) in [5.41, 5.74) is 0.853. The van der Waals surface area contributed by atoms with Crippen molar-refractivity contribution in [2.24, 2.45) is 0 Å². The van der Waals surface area contributed by atoms with E-state index in [2.05, 4.69) is 4.90 Å². The van der Waals surface area contributed by atoms with Crippen LogP contribution >= 0.6 is 0 Å². The number of benzene rings is 2. The molecule has 1 amide bonds. The normalized spacial score (nSPS) is 18.2. The monoisotopic (exact) mass is 526 g/mol. The van der Waals surface area contributed by atoms with Gasteiger partial charge in [-0.2, -0.15) is 0 Å². The van der Waals surface area contributed by atoms with Gasteiger partial charge in [0.25, 0.3) is 11.7 Å². The molecule has 2 aromatic carbocycles. The number of rotatable bonds is 10. The largest absolute Gasteiger partial charge is 0.507 e. The van der Waals surface area contributed by atoms with Crippen molar-refractivity contribution in [1.29, 1.82) is 0 Å². The number of likely N-dealkylation sites (tertiary alicyclic amines) is 1. The molecule has 10 heteroatoms. The molecule has 1 N–H and O–H groups in total. The van der Waals surface area contributed by atoms with Gasteiger partial charge < -0.3 is 38.6 Å². The standard InChI is InChI=1S/C28H34N2O8/c1-6-29(7-2)10-11-30-24(18-15-21(34-3)27(36-5)22(16-18)35-4)23(26(32)28(30)33)25(31)17-8-9-19-20(14-17)38-13-12-37-19/h8-9,14-16,24,31H,6-7,10-13H2,1-5H3/b25-23-. The first-order chi connectivity index (χ1) is 18.4. The van der Waals surface area contributed by atoms with Gasteiger partial charge in [0.1, 0.15) is 19.0 Å². The van der Waals surface area contributed by atoms with Crippen molar-refractivity contribution in [1.82, 2.24) is 9.80 Å². The quantitative estimate of drug-likeness (QED) is 0.284. The number of likely N-dealkylation sites (N-methyl/N-ethyl adjacent to an activating group) is 1. The number of aliphatic hydroxyl groups excluding tert-OH is 1. The van der Waals surface area contributed by atoms with Crippen LogP contribution in [0.15, 0.2) is 35.9 Å². The summed E-state index contributed by atoms with van der Waals surface area (Å²) in [4.78, 5) is 30.5. The Kier molecular flexibility index (Phi) is 8.31. The Balaban J connectivity index is 1.88. The molecule has 2 heterocycles. The van der Waals surface area contributed by atoms with Crippen LogP contribution < -0.4 is 23.7 Å². The van der Waals surface area contributed by atoms with Crippen molar-refractivity contribution in [2.45, 2.75) is 19.9 Å². The third-order valence-corrected chi connectivity index (χ3v) is 6.91. The number of ketones is 1. The topological polar surface area (TPSA) is 107 Å². The van der Waals surface area contributed by atoms with Crippen molar-refractivity contribution in [3.8, 4) is 28.7 Å². The van der Waals surface area contributed by atoms with Crippen LogP contribution in [0.4, 0.5) is 0 Å². The van der Waals surface area contributed by atoms with E-state index >= 15 is 0 Å². The molecule has 0 spiro atoms. The van der Waals surface area contributed by atoms with Gasteiger partial charge in [-0.15, -0.1) is 0 Å². The first kappa shape index (κ1) is 27.1. The van der Waals surface area contributed by atoms with E-state index in [9.17, 15) is 14.7 Å². The fraction of sp³-hybridized carbons (Fsp3) is 0.429. The molecule has 2 aliphatic rings. The van der Waals surface area contributed by atoms with E-state index in [0.717, 1.165) is 13.1 Å². The zero-order chi connectivity index (χ0) is 27.4. The molecule has 0 bridgehead atoms. The Morgan fingerprint density at radius 3 is 2.18 bits per heavy atom. The highest BCUT2D eigenvalue weighted by molar-refractivity contribution is 6.46. The van der Waals surface area contributed by atoms with Crippen LogP contribution in [0.5, 0.6) is 28.7 Å². The maximum atomic E-state index is 13.5. The summed E-state index contributed by atoms with van der Waals surface area (Å²) in [6, 6.07) is 7.43. The minimum absolute atomic E-state index is 0.0273. The van der Waals surface area contributed by atoms with E-state index in [1.807, 2.05) is 13.8 Å². The molecule has 0 saturated carbocycles. The minimum atomic E-state index is -0.882. The fourth-order valence-corrected chi connectivity index (χ4v) is 4.85. The summed E-state index contributed by atoms with van der Waals surface area (Å²) in [6.45, 7) is 7.32. The number of fused-ring (bicyclic) bond motifs is 1. The number of nitrogens with zero attached hydrogens (tertiary/aromatic N) is 2. The second kappa shape index (κ2) is 11.6. The summed E-state index contributed by atoms with van der Waals surface area (Å²) in [5, 5.41) is 11.5. The predicted molar refractivity (Wildman–Crippen MR) is 140 cm³/mol. The van der Waals surface area contributed by atoms with Gasteiger partial charge >= 0.3 is 0 Å². The average molecular weight is 527 g/mol. The fourth-order valence-electron chi connectivity index (χ4n) is 4.85. The van der Waals surface area contributed by atoms with Gasteiger partial charge in [0.15, 0.2) is 23.0 Å². The first-order valence-electron chi connectivity index (χ1n) is 12.6. The number of carbonyl (C=O) groups excluding carboxylic acids is 2. The molecule has 0 aliphatic carbocycles. The summed E-state index contributed by atoms with van der Waals surface area (Å²) >= 11 is 0. The maximum absolute atomic E-state index is 13.5. The molecule has 1 saturated heterocycles. The third kappa shape index (κ3) is 4.96. The van der Waals surface area contributed by atoms with Crippen molar-refractivity contribution >= 4 is 17.4 Å². The Morgan fingerprint density at radius 2 is 1.61 bits per heavy atom. The molecule has 1 atom stereocenters. The van der Waals surface area contributed by atoms with Gasteiger partial charge in [0, 0.05) is 18.7 Å². The molecular formula is C28H34N2O8. The molecule has 10 nitrogen and oxygen atoms in total. The van der Waals surface area contributed by atoms with Crippen LogP contribution in [-0.2, 0) is 9.59 Å². The second-order valence-electron chi connectivity index (χ2n) is 8.84. The third-order valence-electron chi connectivity index (χ3n) is 6.91. The van der Waals surface area contributed by atoms with Crippen molar-refractivity contribution in [3.05, 3.63) is 47.0 Å². The Labute approximate surface area is 222 Å².